The molecular weight excluding hydrogens is 271 g/mol. The molecule has 19 heavy (non-hydrogen) atoms. The van der Waals surface area contributed by atoms with Gasteiger partial charge in [-0.15, -0.1) is 0 Å². The zero-order valence-corrected chi connectivity index (χ0v) is 10.5. The Hall–Kier alpha value is -2.07. The van der Waals surface area contributed by atoms with Gasteiger partial charge in [-0.25, -0.2) is 9.18 Å². The molecule has 0 saturated carbocycles. The third kappa shape index (κ3) is 3.45. The van der Waals surface area contributed by atoms with Gasteiger partial charge in [0.15, 0.2) is 0 Å². The number of hydrogen-bond donors (Lipinski definition) is 1. The third-order valence-electron chi connectivity index (χ3n) is 2.48. The van der Waals surface area contributed by atoms with Crippen molar-refractivity contribution < 1.29 is 19.0 Å². The lowest BCUT2D eigenvalue weighted by Crippen LogP contribution is -2.03. The molecule has 0 amide bonds. The highest BCUT2D eigenvalue weighted by molar-refractivity contribution is 6.30. The summed E-state index contributed by atoms with van der Waals surface area (Å²) in [5, 5.41) is 9.41. The fourth-order valence-electron chi connectivity index (χ4n) is 1.52. The molecule has 0 aliphatic heterocycles. The molecule has 3 nitrogen and oxygen atoms in total. The van der Waals surface area contributed by atoms with Crippen molar-refractivity contribution in [2.24, 2.45) is 0 Å². The number of carboxylic acid groups (broad SMARTS) is 1. The Kier molecular flexibility index (Phi) is 4.02. The minimum atomic E-state index is -1.30. The van der Waals surface area contributed by atoms with Crippen LogP contribution in [0.25, 0.3) is 0 Å². The van der Waals surface area contributed by atoms with Crippen molar-refractivity contribution >= 4 is 17.6 Å². The molecule has 2 aromatic rings. The van der Waals surface area contributed by atoms with Crippen molar-refractivity contribution in [3.63, 3.8) is 0 Å². The average Bonchev–Trinajstić information content (AvgIpc) is 2.39. The number of carboxylic acids is 1. The minimum absolute atomic E-state index is 0.155. The summed E-state index contributed by atoms with van der Waals surface area (Å²) < 4.78 is 18.6. The Labute approximate surface area is 114 Å². The van der Waals surface area contributed by atoms with Crippen LogP contribution in [0.5, 0.6) is 5.75 Å². The Balaban J connectivity index is 2.09. The van der Waals surface area contributed by atoms with Crippen LogP contribution in [0.2, 0.25) is 5.02 Å². The van der Waals surface area contributed by atoms with E-state index in [1.165, 1.54) is 12.1 Å². The van der Waals surface area contributed by atoms with Crippen molar-refractivity contribution in [2.75, 3.05) is 0 Å². The molecule has 98 valence electrons. The van der Waals surface area contributed by atoms with E-state index >= 15 is 0 Å². The van der Waals surface area contributed by atoms with Crippen LogP contribution in [0.1, 0.15) is 15.9 Å². The summed E-state index contributed by atoms with van der Waals surface area (Å²) in [5.74, 6) is -1.46. The summed E-state index contributed by atoms with van der Waals surface area (Å²) in [6, 6.07) is 10.6. The average molecular weight is 281 g/mol. The van der Waals surface area contributed by atoms with Crippen molar-refractivity contribution in [1.29, 1.82) is 0 Å². The number of rotatable bonds is 4. The van der Waals surface area contributed by atoms with E-state index in [0.29, 0.717) is 16.3 Å². The van der Waals surface area contributed by atoms with Crippen LogP contribution < -0.4 is 4.74 Å². The van der Waals surface area contributed by atoms with Gasteiger partial charge in [0, 0.05) is 5.02 Å². The molecule has 2 rings (SSSR count). The summed E-state index contributed by atoms with van der Waals surface area (Å²) in [4.78, 5) is 10.8. The normalized spacial score (nSPS) is 10.2. The Bertz CT molecular complexity index is 596. The van der Waals surface area contributed by atoms with E-state index in [-0.39, 0.29) is 12.2 Å². The van der Waals surface area contributed by atoms with Gasteiger partial charge in [0.1, 0.15) is 18.2 Å². The fraction of sp³-hybridized carbons (Fsp3) is 0.0714. The lowest BCUT2D eigenvalue weighted by Gasteiger charge is -2.07. The third-order valence-corrected chi connectivity index (χ3v) is 2.73. The Morgan fingerprint density at radius 1 is 1.21 bits per heavy atom. The highest BCUT2D eigenvalue weighted by Gasteiger charge is 2.10. The lowest BCUT2D eigenvalue weighted by atomic mass is 10.1. The van der Waals surface area contributed by atoms with Crippen molar-refractivity contribution in [2.45, 2.75) is 6.61 Å². The summed E-state index contributed by atoms with van der Waals surface area (Å²) >= 11 is 5.74. The SMILES string of the molecule is O=C(O)c1cc(COc2ccc(Cl)cc2)ccc1F. The molecule has 0 bridgehead atoms. The first-order valence-electron chi connectivity index (χ1n) is 5.46. The smallest absolute Gasteiger partial charge is 0.338 e. The molecule has 5 heteroatoms. The van der Waals surface area contributed by atoms with Gasteiger partial charge in [0.25, 0.3) is 0 Å². The van der Waals surface area contributed by atoms with Gasteiger partial charge in [-0.05, 0) is 42.0 Å². The van der Waals surface area contributed by atoms with Crippen LogP contribution in [0, 0.1) is 5.82 Å². The van der Waals surface area contributed by atoms with Gasteiger partial charge in [-0.3, -0.25) is 0 Å². The van der Waals surface area contributed by atoms with Crippen molar-refractivity contribution in [3.05, 3.63) is 64.4 Å². The molecule has 1 N–H and O–H groups in total. The predicted molar refractivity (Wildman–Crippen MR) is 69.1 cm³/mol. The van der Waals surface area contributed by atoms with Crippen LogP contribution in [0.3, 0.4) is 0 Å². The predicted octanol–water partition coefficient (Wildman–Crippen LogP) is 3.76. The van der Waals surface area contributed by atoms with Crippen LogP contribution in [0.15, 0.2) is 42.5 Å². The topological polar surface area (TPSA) is 46.5 Å². The largest absolute Gasteiger partial charge is 0.489 e. The summed E-state index contributed by atoms with van der Waals surface area (Å²) in [5.41, 5.74) is 0.214. The molecule has 0 radical (unpaired) electrons. The molecule has 0 atom stereocenters. The fourth-order valence-corrected chi connectivity index (χ4v) is 1.65. The summed E-state index contributed by atoms with van der Waals surface area (Å²) in [7, 11) is 0. The van der Waals surface area contributed by atoms with Gasteiger partial charge >= 0.3 is 5.97 Å². The molecule has 0 aromatic heterocycles. The zero-order chi connectivity index (χ0) is 13.8. The molecular formula is C14H10ClFO3. The van der Waals surface area contributed by atoms with Crippen molar-refractivity contribution in [3.8, 4) is 5.75 Å². The van der Waals surface area contributed by atoms with Gasteiger partial charge in [0.2, 0.25) is 0 Å². The van der Waals surface area contributed by atoms with E-state index in [0.717, 1.165) is 6.07 Å². The number of hydrogen-bond acceptors (Lipinski definition) is 2. The number of ether oxygens (including phenoxy) is 1. The van der Waals surface area contributed by atoms with E-state index in [2.05, 4.69) is 0 Å². The molecule has 0 aliphatic carbocycles. The maximum absolute atomic E-state index is 13.2. The van der Waals surface area contributed by atoms with Gasteiger partial charge in [0.05, 0.1) is 5.56 Å². The van der Waals surface area contributed by atoms with Crippen LogP contribution in [0.4, 0.5) is 4.39 Å². The number of aromatic carboxylic acids is 1. The lowest BCUT2D eigenvalue weighted by molar-refractivity contribution is 0.0691. The first kappa shape index (κ1) is 13.4. The maximum atomic E-state index is 13.2. The second-order valence-electron chi connectivity index (χ2n) is 3.86. The Morgan fingerprint density at radius 3 is 2.53 bits per heavy atom. The first-order chi connectivity index (χ1) is 9.06. The van der Waals surface area contributed by atoms with E-state index in [9.17, 15) is 9.18 Å². The van der Waals surface area contributed by atoms with Crippen LogP contribution in [-0.4, -0.2) is 11.1 Å². The Morgan fingerprint density at radius 2 is 1.89 bits per heavy atom. The number of halogens is 2. The van der Waals surface area contributed by atoms with Crippen molar-refractivity contribution in [1.82, 2.24) is 0 Å². The quantitative estimate of drug-likeness (QED) is 0.927. The van der Waals surface area contributed by atoms with Gasteiger partial charge in [-0.1, -0.05) is 17.7 Å². The highest BCUT2D eigenvalue weighted by atomic mass is 35.5. The second-order valence-corrected chi connectivity index (χ2v) is 4.30. The second kappa shape index (κ2) is 5.71. The van der Waals surface area contributed by atoms with E-state index in [4.69, 9.17) is 21.4 Å². The van der Waals surface area contributed by atoms with Crippen LogP contribution in [-0.2, 0) is 6.61 Å². The van der Waals surface area contributed by atoms with E-state index < -0.39 is 11.8 Å². The first-order valence-corrected chi connectivity index (χ1v) is 5.84. The molecule has 0 heterocycles. The van der Waals surface area contributed by atoms with Crippen LogP contribution >= 0.6 is 11.6 Å². The number of carbonyl (C=O) groups is 1. The monoisotopic (exact) mass is 280 g/mol. The molecule has 0 unspecified atom stereocenters. The van der Waals surface area contributed by atoms with E-state index in [1.807, 2.05) is 0 Å². The van der Waals surface area contributed by atoms with E-state index in [1.54, 1.807) is 24.3 Å². The maximum Gasteiger partial charge on any atom is 0.338 e. The standard InChI is InChI=1S/C14H10ClFO3/c15-10-2-4-11(5-3-10)19-8-9-1-6-13(16)12(7-9)14(17)18/h1-7H,8H2,(H,17,18). The minimum Gasteiger partial charge on any atom is -0.489 e. The molecule has 2 aromatic carbocycles. The zero-order valence-electron chi connectivity index (χ0n) is 9.77. The molecule has 0 aliphatic rings. The molecule has 0 spiro atoms. The van der Waals surface area contributed by atoms with Gasteiger partial charge < -0.3 is 9.84 Å². The molecule has 0 fully saturated rings. The summed E-state index contributed by atoms with van der Waals surface area (Å²) in [6.45, 7) is 0.155. The molecule has 0 saturated heterocycles. The van der Waals surface area contributed by atoms with Gasteiger partial charge in [-0.2, -0.15) is 0 Å². The highest BCUT2D eigenvalue weighted by Crippen LogP contribution is 2.18. The number of benzene rings is 2. The summed E-state index contributed by atoms with van der Waals surface area (Å²) in [6.07, 6.45) is 0.